The fourth-order valence-corrected chi connectivity index (χ4v) is 1.22. The van der Waals surface area contributed by atoms with Crippen LogP contribution in [0.5, 0.6) is 5.75 Å². The Morgan fingerprint density at radius 3 is 2.54 bits per heavy atom. The molecule has 0 amide bonds. The van der Waals surface area contributed by atoms with Gasteiger partial charge in [0.25, 0.3) is 0 Å². The molecular formula is C10H16ClNO. The van der Waals surface area contributed by atoms with Gasteiger partial charge >= 0.3 is 0 Å². The lowest BCUT2D eigenvalue weighted by atomic mass is 10.1. The van der Waals surface area contributed by atoms with Gasteiger partial charge in [-0.1, -0.05) is 18.2 Å². The summed E-state index contributed by atoms with van der Waals surface area (Å²) in [5.74, 6) is 0.926. The molecule has 0 aliphatic rings. The Hall–Kier alpha value is -0.730. The first-order valence-electron chi connectivity index (χ1n) is 4.11. The zero-order valence-electron chi connectivity index (χ0n) is 7.99. The van der Waals surface area contributed by atoms with Crippen molar-refractivity contribution >= 4 is 12.4 Å². The van der Waals surface area contributed by atoms with Gasteiger partial charge in [-0.25, -0.2) is 0 Å². The summed E-state index contributed by atoms with van der Waals surface area (Å²) in [6, 6.07) is 8.14. The standard InChI is InChI=1S/C10H15NO.ClH/c1-8(11)7-9-5-3-4-6-10(9)12-2;/h3-6,8H,7,11H2,1-2H3;1H/t8-;/m0./s1. The number of hydrogen-bond donors (Lipinski definition) is 1. The third-order valence-corrected chi connectivity index (χ3v) is 1.73. The lowest BCUT2D eigenvalue weighted by Crippen LogP contribution is -2.18. The van der Waals surface area contributed by atoms with Gasteiger partial charge in [-0.2, -0.15) is 0 Å². The van der Waals surface area contributed by atoms with Crippen LogP contribution >= 0.6 is 12.4 Å². The lowest BCUT2D eigenvalue weighted by Gasteiger charge is -2.09. The Bertz CT molecular complexity index is 250. The summed E-state index contributed by atoms with van der Waals surface area (Å²) in [5.41, 5.74) is 6.87. The molecule has 0 unspecified atom stereocenters. The van der Waals surface area contributed by atoms with Gasteiger partial charge in [0, 0.05) is 6.04 Å². The maximum atomic E-state index is 5.69. The van der Waals surface area contributed by atoms with Crippen LogP contribution in [0.2, 0.25) is 0 Å². The predicted molar refractivity (Wildman–Crippen MR) is 57.6 cm³/mol. The van der Waals surface area contributed by atoms with E-state index in [4.69, 9.17) is 10.5 Å². The molecule has 1 aromatic carbocycles. The Balaban J connectivity index is 0.00000144. The van der Waals surface area contributed by atoms with Crippen molar-refractivity contribution in [3.8, 4) is 5.75 Å². The number of methoxy groups -OCH3 is 1. The van der Waals surface area contributed by atoms with E-state index in [1.807, 2.05) is 31.2 Å². The fraction of sp³-hybridized carbons (Fsp3) is 0.400. The third-order valence-electron chi connectivity index (χ3n) is 1.73. The summed E-state index contributed by atoms with van der Waals surface area (Å²) in [4.78, 5) is 0. The van der Waals surface area contributed by atoms with Crippen molar-refractivity contribution in [2.24, 2.45) is 5.73 Å². The molecule has 0 saturated heterocycles. The third kappa shape index (κ3) is 3.66. The van der Waals surface area contributed by atoms with Gasteiger partial charge < -0.3 is 10.5 Å². The summed E-state index contributed by atoms with van der Waals surface area (Å²) in [6.07, 6.45) is 0.865. The van der Waals surface area contributed by atoms with Crippen molar-refractivity contribution in [1.29, 1.82) is 0 Å². The highest BCUT2D eigenvalue weighted by molar-refractivity contribution is 5.85. The van der Waals surface area contributed by atoms with Crippen molar-refractivity contribution in [2.45, 2.75) is 19.4 Å². The van der Waals surface area contributed by atoms with E-state index in [1.54, 1.807) is 7.11 Å². The van der Waals surface area contributed by atoms with Gasteiger partial charge in [0.1, 0.15) is 5.75 Å². The van der Waals surface area contributed by atoms with E-state index in [1.165, 1.54) is 5.56 Å². The number of nitrogens with two attached hydrogens (primary N) is 1. The van der Waals surface area contributed by atoms with E-state index in [2.05, 4.69) is 0 Å². The van der Waals surface area contributed by atoms with Crippen LogP contribution in [0.15, 0.2) is 24.3 Å². The molecule has 0 aromatic heterocycles. The molecule has 2 N–H and O–H groups in total. The quantitative estimate of drug-likeness (QED) is 0.812. The first-order valence-corrected chi connectivity index (χ1v) is 4.11. The Morgan fingerprint density at radius 1 is 1.38 bits per heavy atom. The molecule has 0 heterocycles. The minimum Gasteiger partial charge on any atom is -0.496 e. The van der Waals surface area contributed by atoms with Gasteiger partial charge in [0.2, 0.25) is 0 Å². The predicted octanol–water partition coefficient (Wildman–Crippen LogP) is 2.01. The number of rotatable bonds is 3. The molecule has 2 nitrogen and oxygen atoms in total. The van der Waals surface area contributed by atoms with Gasteiger partial charge in [-0.05, 0) is 25.0 Å². The summed E-state index contributed by atoms with van der Waals surface area (Å²) < 4.78 is 5.19. The number of benzene rings is 1. The van der Waals surface area contributed by atoms with Crippen LogP contribution in [0.1, 0.15) is 12.5 Å². The fourth-order valence-electron chi connectivity index (χ4n) is 1.22. The zero-order chi connectivity index (χ0) is 8.97. The molecule has 0 saturated carbocycles. The van der Waals surface area contributed by atoms with Crippen molar-refractivity contribution in [2.75, 3.05) is 7.11 Å². The summed E-state index contributed by atoms with van der Waals surface area (Å²) in [5, 5.41) is 0. The van der Waals surface area contributed by atoms with Crippen LogP contribution < -0.4 is 10.5 Å². The van der Waals surface area contributed by atoms with Crippen LogP contribution in [0.3, 0.4) is 0 Å². The number of halogens is 1. The van der Waals surface area contributed by atoms with Gasteiger partial charge in [-0.15, -0.1) is 12.4 Å². The topological polar surface area (TPSA) is 35.2 Å². The molecule has 0 aliphatic carbocycles. The molecule has 1 atom stereocenters. The molecule has 0 fully saturated rings. The summed E-state index contributed by atoms with van der Waals surface area (Å²) in [7, 11) is 1.68. The molecule has 0 bridgehead atoms. The smallest absolute Gasteiger partial charge is 0.122 e. The van der Waals surface area contributed by atoms with Crippen LogP contribution in [0.25, 0.3) is 0 Å². The van der Waals surface area contributed by atoms with E-state index in [0.29, 0.717) is 0 Å². The first kappa shape index (κ1) is 12.3. The molecular weight excluding hydrogens is 186 g/mol. The highest BCUT2D eigenvalue weighted by Crippen LogP contribution is 2.18. The molecule has 0 spiro atoms. The minimum atomic E-state index is 0. The van der Waals surface area contributed by atoms with Crippen molar-refractivity contribution < 1.29 is 4.74 Å². The van der Waals surface area contributed by atoms with Crippen molar-refractivity contribution in [3.05, 3.63) is 29.8 Å². The van der Waals surface area contributed by atoms with Gasteiger partial charge in [0.05, 0.1) is 7.11 Å². The van der Waals surface area contributed by atoms with Gasteiger partial charge in [0.15, 0.2) is 0 Å². The number of para-hydroxylation sites is 1. The van der Waals surface area contributed by atoms with E-state index < -0.39 is 0 Å². The van der Waals surface area contributed by atoms with Crippen LogP contribution in [0.4, 0.5) is 0 Å². The lowest BCUT2D eigenvalue weighted by molar-refractivity contribution is 0.408. The highest BCUT2D eigenvalue weighted by Gasteiger charge is 2.02. The maximum Gasteiger partial charge on any atom is 0.122 e. The van der Waals surface area contributed by atoms with Crippen LogP contribution in [-0.4, -0.2) is 13.2 Å². The minimum absolute atomic E-state index is 0. The monoisotopic (exact) mass is 201 g/mol. The first-order chi connectivity index (χ1) is 5.74. The maximum absolute atomic E-state index is 5.69. The van der Waals surface area contributed by atoms with Gasteiger partial charge in [-0.3, -0.25) is 0 Å². The molecule has 13 heavy (non-hydrogen) atoms. The summed E-state index contributed by atoms with van der Waals surface area (Å²) >= 11 is 0. The van der Waals surface area contributed by atoms with Crippen molar-refractivity contribution in [3.63, 3.8) is 0 Å². The molecule has 0 radical (unpaired) electrons. The molecule has 74 valence electrons. The largest absolute Gasteiger partial charge is 0.496 e. The van der Waals surface area contributed by atoms with E-state index in [9.17, 15) is 0 Å². The average molecular weight is 202 g/mol. The average Bonchev–Trinajstić information content (AvgIpc) is 2.04. The zero-order valence-corrected chi connectivity index (χ0v) is 8.80. The van der Waals surface area contributed by atoms with E-state index in [0.717, 1.165) is 12.2 Å². The Morgan fingerprint density at radius 2 is 2.00 bits per heavy atom. The number of hydrogen-bond acceptors (Lipinski definition) is 2. The highest BCUT2D eigenvalue weighted by atomic mass is 35.5. The van der Waals surface area contributed by atoms with E-state index >= 15 is 0 Å². The van der Waals surface area contributed by atoms with Crippen molar-refractivity contribution in [1.82, 2.24) is 0 Å². The summed E-state index contributed by atoms with van der Waals surface area (Å²) in [6.45, 7) is 1.99. The molecule has 0 aliphatic heterocycles. The normalized spacial score (nSPS) is 11.6. The second-order valence-corrected chi connectivity index (χ2v) is 2.99. The molecule has 3 heteroatoms. The molecule has 1 aromatic rings. The van der Waals surface area contributed by atoms with Crippen LogP contribution in [0, 0.1) is 0 Å². The number of ether oxygens (including phenoxy) is 1. The SMILES string of the molecule is COc1ccccc1C[C@H](C)N.Cl. The second kappa shape index (κ2) is 5.84. The van der Waals surface area contributed by atoms with E-state index in [-0.39, 0.29) is 18.4 Å². The molecule has 1 rings (SSSR count). The van der Waals surface area contributed by atoms with Crippen LogP contribution in [-0.2, 0) is 6.42 Å². The second-order valence-electron chi connectivity index (χ2n) is 2.99. The Labute approximate surface area is 85.5 Å². The Kier molecular flexibility index (Phi) is 5.51.